The van der Waals surface area contributed by atoms with Crippen molar-refractivity contribution in [3.05, 3.63) is 145 Å². The third-order valence-electron chi connectivity index (χ3n) is 9.51. The van der Waals surface area contributed by atoms with Gasteiger partial charge in [-0.2, -0.15) is 0 Å². The molecule has 0 atom stereocenters. The molecule has 5 heteroatoms. The fraction of sp³-hybridized carbons (Fsp3) is 0.122. The van der Waals surface area contributed by atoms with Crippen LogP contribution in [0.2, 0.25) is 0 Å². The van der Waals surface area contributed by atoms with Crippen LogP contribution in [0, 0.1) is 0 Å². The summed E-state index contributed by atoms with van der Waals surface area (Å²) < 4.78 is 2.33. The zero-order chi connectivity index (χ0) is 30.8. The van der Waals surface area contributed by atoms with E-state index < -0.39 is 0 Å². The van der Waals surface area contributed by atoms with Crippen LogP contribution in [0.1, 0.15) is 43.6 Å². The fourth-order valence-electron chi connectivity index (χ4n) is 7.45. The van der Waals surface area contributed by atoms with Gasteiger partial charge in [0.25, 0.3) is 0 Å². The summed E-state index contributed by atoms with van der Waals surface area (Å²) in [5.74, 6) is 2.09. The maximum atomic E-state index is 5.16. The van der Waals surface area contributed by atoms with Gasteiger partial charge in [0.1, 0.15) is 5.65 Å². The molecule has 2 aliphatic rings. The normalized spacial score (nSPS) is 14.8. The quantitative estimate of drug-likeness (QED) is 0.204. The lowest BCUT2D eigenvalue weighted by Gasteiger charge is -2.24. The standard InChI is InChI=1S/C41H31N5/c1-41(2)32-22-12-24-34(46-33-23-10-9-18-28(33)29-21-13-25-42-40(29)46)35(32)30-19-11-20-31(36(30)41)39-44-37(26-14-5-3-6-15-26)43-38(45-39)27-16-7-4-8-17-27/h3,5-7,9-25H,4,8H2,1-2H3. The fourth-order valence-corrected chi connectivity index (χ4v) is 7.45. The van der Waals surface area contributed by atoms with E-state index in [1.807, 2.05) is 30.5 Å². The topological polar surface area (TPSA) is 56.5 Å². The first-order chi connectivity index (χ1) is 22.6. The van der Waals surface area contributed by atoms with Gasteiger partial charge < -0.3 is 0 Å². The summed E-state index contributed by atoms with van der Waals surface area (Å²) in [5.41, 5.74) is 10.9. The number of aromatic nitrogens is 5. The Morgan fingerprint density at radius 3 is 2.28 bits per heavy atom. The van der Waals surface area contributed by atoms with Gasteiger partial charge in [0.05, 0.1) is 11.2 Å². The van der Waals surface area contributed by atoms with Crippen molar-refractivity contribution >= 4 is 27.5 Å². The second-order valence-electron chi connectivity index (χ2n) is 12.6. The summed E-state index contributed by atoms with van der Waals surface area (Å²) in [7, 11) is 0. The zero-order valence-corrected chi connectivity index (χ0v) is 25.8. The molecule has 0 unspecified atom stereocenters. The lowest BCUT2D eigenvalue weighted by atomic mass is 9.80. The molecule has 2 aliphatic carbocycles. The minimum atomic E-state index is -0.298. The van der Waals surface area contributed by atoms with Gasteiger partial charge >= 0.3 is 0 Å². The van der Waals surface area contributed by atoms with Crippen LogP contribution in [-0.4, -0.2) is 24.5 Å². The van der Waals surface area contributed by atoms with Crippen LogP contribution in [-0.2, 0) is 5.41 Å². The number of nitrogens with zero attached hydrogens (tertiary/aromatic N) is 5. The van der Waals surface area contributed by atoms with E-state index >= 15 is 0 Å². The van der Waals surface area contributed by atoms with Gasteiger partial charge in [0.2, 0.25) is 0 Å². The molecular weight excluding hydrogens is 562 g/mol. The van der Waals surface area contributed by atoms with Crippen molar-refractivity contribution in [3.8, 4) is 39.6 Å². The highest BCUT2D eigenvalue weighted by molar-refractivity contribution is 6.08. The van der Waals surface area contributed by atoms with E-state index in [0.717, 1.165) is 51.8 Å². The lowest BCUT2D eigenvalue weighted by molar-refractivity contribution is 0.661. The minimum absolute atomic E-state index is 0.298. The molecule has 0 fully saturated rings. The highest BCUT2D eigenvalue weighted by Gasteiger charge is 2.40. The molecule has 220 valence electrons. The van der Waals surface area contributed by atoms with Gasteiger partial charge in [0, 0.05) is 44.6 Å². The summed E-state index contributed by atoms with van der Waals surface area (Å²) in [5, 5.41) is 2.35. The van der Waals surface area contributed by atoms with Gasteiger partial charge in [-0.25, -0.2) is 19.9 Å². The van der Waals surface area contributed by atoms with Gasteiger partial charge in [-0.3, -0.25) is 4.57 Å². The summed E-state index contributed by atoms with van der Waals surface area (Å²) >= 11 is 0. The Morgan fingerprint density at radius 2 is 1.41 bits per heavy atom. The molecular formula is C41H31N5. The second-order valence-corrected chi connectivity index (χ2v) is 12.6. The van der Waals surface area contributed by atoms with Crippen molar-refractivity contribution in [2.45, 2.75) is 32.1 Å². The third kappa shape index (κ3) is 3.94. The highest BCUT2D eigenvalue weighted by atomic mass is 15.1. The molecule has 0 amide bonds. The lowest BCUT2D eigenvalue weighted by Crippen LogP contribution is -2.17. The second kappa shape index (κ2) is 10.2. The predicted molar refractivity (Wildman–Crippen MR) is 187 cm³/mol. The monoisotopic (exact) mass is 593 g/mol. The predicted octanol–water partition coefficient (Wildman–Crippen LogP) is 9.74. The molecule has 46 heavy (non-hydrogen) atoms. The number of allylic oxidation sites excluding steroid dienone is 4. The Balaban J connectivity index is 1.31. The minimum Gasteiger partial charge on any atom is -0.293 e. The number of hydrogen-bond donors (Lipinski definition) is 0. The zero-order valence-electron chi connectivity index (χ0n) is 25.8. The number of rotatable bonds is 4. The first-order valence-electron chi connectivity index (χ1n) is 15.9. The van der Waals surface area contributed by atoms with Gasteiger partial charge in [-0.15, -0.1) is 0 Å². The molecule has 0 bridgehead atoms. The van der Waals surface area contributed by atoms with Crippen LogP contribution in [0.5, 0.6) is 0 Å². The molecule has 0 N–H and O–H groups in total. The molecule has 0 aliphatic heterocycles. The van der Waals surface area contributed by atoms with E-state index in [0.29, 0.717) is 17.5 Å². The van der Waals surface area contributed by atoms with E-state index in [-0.39, 0.29) is 5.41 Å². The summed E-state index contributed by atoms with van der Waals surface area (Å²) in [6, 6.07) is 36.2. The average Bonchev–Trinajstić information content (AvgIpc) is 3.58. The first-order valence-corrected chi connectivity index (χ1v) is 15.9. The van der Waals surface area contributed by atoms with Crippen LogP contribution >= 0.6 is 0 Å². The van der Waals surface area contributed by atoms with Gasteiger partial charge in [-0.05, 0) is 53.8 Å². The maximum Gasteiger partial charge on any atom is 0.164 e. The van der Waals surface area contributed by atoms with Gasteiger partial charge in [-0.1, -0.05) is 111 Å². The van der Waals surface area contributed by atoms with Crippen molar-refractivity contribution in [3.63, 3.8) is 0 Å². The number of fused-ring (bicyclic) bond motifs is 6. The molecule has 0 spiro atoms. The third-order valence-corrected chi connectivity index (χ3v) is 9.51. The Kier molecular flexibility index (Phi) is 5.91. The van der Waals surface area contributed by atoms with E-state index in [4.69, 9.17) is 19.9 Å². The molecule has 3 aromatic heterocycles. The Morgan fingerprint density at radius 1 is 0.652 bits per heavy atom. The van der Waals surface area contributed by atoms with Crippen molar-refractivity contribution in [2.75, 3.05) is 0 Å². The van der Waals surface area contributed by atoms with Crippen molar-refractivity contribution < 1.29 is 0 Å². The largest absolute Gasteiger partial charge is 0.293 e. The summed E-state index contributed by atoms with van der Waals surface area (Å²) in [4.78, 5) is 20.2. The highest BCUT2D eigenvalue weighted by Crippen LogP contribution is 2.54. The molecule has 5 nitrogen and oxygen atoms in total. The Hall–Kier alpha value is -5.68. The SMILES string of the molecule is CC1(C)c2cccc(-n3c4ccccc4c4cccnc43)c2-c2cccc(-c3nc(C4=CCCC=C4)nc(-c4ccccc4)n3)c21. The van der Waals surface area contributed by atoms with Crippen molar-refractivity contribution in [2.24, 2.45) is 0 Å². The number of benzene rings is 4. The average molecular weight is 594 g/mol. The van der Waals surface area contributed by atoms with Crippen molar-refractivity contribution in [1.82, 2.24) is 24.5 Å². The van der Waals surface area contributed by atoms with Crippen LogP contribution in [0.25, 0.3) is 67.1 Å². The molecule has 7 aromatic rings. The van der Waals surface area contributed by atoms with E-state index in [9.17, 15) is 0 Å². The maximum absolute atomic E-state index is 5.16. The van der Waals surface area contributed by atoms with E-state index in [2.05, 4.69) is 116 Å². The summed E-state index contributed by atoms with van der Waals surface area (Å²) in [6.07, 6.45) is 10.5. The number of hydrogen-bond acceptors (Lipinski definition) is 4. The van der Waals surface area contributed by atoms with Crippen molar-refractivity contribution in [1.29, 1.82) is 0 Å². The molecule has 4 aromatic carbocycles. The van der Waals surface area contributed by atoms with Crippen LogP contribution in [0.15, 0.2) is 128 Å². The number of para-hydroxylation sites is 1. The van der Waals surface area contributed by atoms with Crippen LogP contribution < -0.4 is 0 Å². The van der Waals surface area contributed by atoms with E-state index in [1.54, 1.807) is 0 Å². The first kappa shape index (κ1) is 26.7. The smallest absolute Gasteiger partial charge is 0.164 e. The molecule has 0 radical (unpaired) electrons. The molecule has 9 rings (SSSR count). The van der Waals surface area contributed by atoms with Gasteiger partial charge in [0.15, 0.2) is 17.5 Å². The van der Waals surface area contributed by atoms with E-state index in [1.165, 1.54) is 27.6 Å². The number of pyridine rings is 1. The van der Waals surface area contributed by atoms with Crippen LogP contribution in [0.4, 0.5) is 0 Å². The summed E-state index contributed by atoms with van der Waals surface area (Å²) in [6.45, 7) is 4.64. The Bertz CT molecular complexity index is 2340. The Labute approximate surface area is 267 Å². The molecule has 3 heterocycles. The molecule has 0 saturated carbocycles. The van der Waals surface area contributed by atoms with Crippen LogP contribution in [0.3, 0.4) is 0 Å². The molecule has 0 saturated heterocycles.